The molecule has 2 aromatic carbocycles. The maximum atomic E-state index is 13.1. The molecule has 0 bridgehead atoms. The SMILES string of the molecule is Nc1ccc(S(=O)(=O)N2CCC[C@H]2C(=O)N[C@@H](Cc2ccc(OC(=O)N3CCSCC3)cc2)C(=O)O)cc1. The highest BCUT2D eigenvalue weighted by Gasteiger charge is 2.40. The van der Waals surface area contributed by atoms with Gasteiger partial charge in [-0.15, -0.1) is 0 Å². The van der Waals surface area contributed by atoms with Gasteiger partial charge < -0.3 is 25.8 Å². The second-order valence-corrected chi connectivity index (χ2v) is 12.2. The minimum Gasteiger partial charge on any atom is -0.480 e. The number of benzene rings is 2. The number of rotatable bonds is 8. The van der Waals surface area contributed by atoms with Crippen LogP contribution in [0, 0.1) is 0 Å². The van der Waals surface area contributed by atoms with Gasteiger partial charge in [0.1, 0.15) is 17.8 Å². The van der Waals surface area contributed by atoms with Crippen molar-refractivity contribution in [2.45, 2.75) is 36.2 Å². The number of aliphatic carboxylic acids is 1. The standard InChI is InChI=1S/C25H30N4O7S2/c26-18-5-9-20(10-6-18)38(34,35)29-11-1-2-22(29)23(30)27-21(24(31)32)16-17-3-7-19(8-4-17)36-25(33)28-12-14-37-15-13-28/h3-10,21-22H,1-2,11-16,26H2,(H,27,30)(H,31,32)/t21-,22-/m0/s1. The summed E-state index contributed by atoms with van der Waals surface area (Å²) >= 11 is 1.78. The molecule has 4 N–H and O–H groups in total. The van der Waals surface area contributed by atoms with Gasteiger partial charge in [-0.2, -0.15) is 16.1 Å². The molecule has 0 unspecified atom stereocenters. The molecule has 0 aromatic heterocycles. The van der Waals surface area contributed by atoms with Gasteiger partial charge in [0, 0.05) is 43.2 Å². The summed E-state index contributed by atoms with van der Waals surface area (Å²) in [6.07, 6.45) is 0.294. The van der Waals surface area contributed by atoms with Gasteiger partial charge in [0.05, 0.1) is 4.90 Å². The molecule has 2 heterocycles. The Morgan fingerprint density at radius 1 is 1.05 bits per heavy atom. The largest absolute Gasteiger partial charge is 0.480 e. The highest BCUT2D eigenvalue weighted by Crippen LogP contribution is 2.27. The van der Waals surface area contributed by atoms with E-state index in [2.05, 4.69) is 5.32 Å². The third kappa shape index (κ3) is 6.58. The van der Waals surface area contributed by atoms with Gasteiger partial charge >= 0.3 is 12.1 Å². The number of nitrogen functional groups attached to an aromatic ring is 1. The summed E-state index contributed by atoms with van der Waals surface area (Å²) in [5.74, 6) is 0.147. The molecule has 0 saturated carbocycles. The number of amides is 2. The predicted octanol–water partition coefficient (Wildman–Crippen LogP) is 1.78. The molecule has 2 amide bonds. The zero-order valence-electron chi connectivity index (χ0n) is 20.6. The molecule has 204 valence electrons. The number of nitrogens with zero attached hydrogens (tertiary/aromatic N) is 2. The lowest BCUT2D eigenvalue weighted by molar-refractivity contribution is -0.142. The van der Waals surface area contributed by atoms with Crippen LogP contribution in [0.25, 0.3) is 0 Å². The third-order valence-corrected chi connectivity index (χ3v) is 9.31. The first-order valence-electron chi connectivity index (χ1n) is 12.2. The summed E-state index contributed by atoms with van der Waals surface area (Å²) in [7, 11) is -3.96. The maximum Gasteiger partial charge on any atom is 0.415 e. The lowest BCUT2D eigenvalue weighted by Crippen LogP contribution is -2.51. The van der Waals surface area contributed by atoms with Crippen LogP contribution in [0.15, 0.2) is 53.4 Å². The van der Waals surface area contributed by atoms with E-state index in [0.29, 0.717) is 36.5 Å². The van der Waals surface area contributed by atoms with E-state index in [1.165, 1.54) is 24.3 Å². The number of anilines is 1. The zero-order valence-corrected chi connectivity index (χ0v) is 22.2. The summed E-state index contributed by atoms with van der Waals surface area (Å²) in [5.41, 5.74) is 6.67. The molecule has 2 aromatic rings. The summed E-state index contributed by atoms with van der Waals surface area (Å²) < 4.78 is 32.8. The Morgan fingerprint density at radius 3 is 2.34 bits per heavy atom. The van der Waals surface area contributed by atoms with E-state index in [1.807, 2.05) is 0 Å². The zero-order chi connectivity index (χ0) is 27.3. The monoisotopic (exact) mass is 562 g/mol. The fraction of sp³-hybridized carbons (Fsp3) is 0.400. The van der Waals surface area contributed by atoms with Crippen molar-refractivity contribution in [1.29, 1.82) is 0 Å². The van der Waals surface area contributed by atoms with E-state index < -0.39 is 40.1 Å². The van der Waals surface area contributed by atoms with Crippen LogP contribution in [0.5, 0.6) is 5.75 Å². The van der Waals surface area contributed by atoms with E-state index in [-0.39, 0.29) is 24.3 Å². The highest BCUT2D eigenvalue weighted by atomic mass is 32.2. The number of hydrogen-bond acceptors (Lipinski definition) is 8. The molecule has 38 heavy (non-hydrogen) atoms. The number of carboxylic acids is 1. The van der Waals surface area contributed by atoms with E-state index in [9.17, 15) is 27.9 Å². The van der Waals surface area contributed by atoms with Crippen molar-refractivity contribution in [1.82, 2.24) is 14.5 Å². The van der Waals surface area contributed by atoms with Gasteiger partial charge in [-0.1, -0.05) is 12.1 Å². The molecule has 11 nitrogen and oxygen atoms in total. The Morgan fingerprint density at radius 2 is 1.71 bits per heavy atom. The Balaban J connectivity index is 1.39. The number of hydrogen-bond donors (Lipinski definition) is 3. The van der Waals surface area contributed by atoms with E-state index in [0.717, 1.165) is 15.8 Å². The minimum atomic E-state index is -3.96. The van der Waals surface area contributed by atoms with Crippen LogP contribution in [-0.4, -0.2) is 83.9 Å². The van der Waals surface area contributed by atoms with E-state index in [1.54, 1.807) is 40.9 Å². The van der Waals surface area contributed by atoms with Gasteiger partial charge in [0.15, 0.2) is 0 Å². The van der Waals surface area contributed by atoms with Crippen LogP contribution in [0.2, 0.25) is 0 Å². The Hall–Kier alpha value is -3.29. The fourth-order valence-corrected chi connectivity index (χ4v) is 6.93. The molecule has 2 aliphatic rings. The van der Waals surface area contributed by atoms with Crippen LogP contribution < -0.4 is 15.8 Å². The van der Waals surface area contributed by atoms with Crippen molar-refractivity contribution in [3.05, 3.63) is 54.1 Å². The molecule has 2 fully saturated rings. The van der Waals surface area contributed by atoms with Crippen molar-refractivity contribution in [2.24, 2.45) is 0 Å². The number of nitrogens with two attached hydrogens (primary N) is 1. The Labute approximate surface area is 225 Å². The van der Waals surface area contributed by atoms with Gasteiger partial charge in [-0.3, -0.25) is 4.79 Å². The van der Waals surface area contributed by atoms with Gasteiger partial charge in [0.25, 0.3) is 0 Å². The molecule has 0 radical (unpaired) electrons. The second kappa shape index (κ2) is 12.0. The van der Waals surface area contributed by atoms with Crippen LogP contribution in [0.1, 0.15) is 18.4 Å². The highest BCUT2D eigenvalue weighted by molar-refractivity contribution is 7.99. The van der Waals surface area contributed by atoms with Crippen molar-refractivity contribution in [2.75, 3.05) is 36.9 Å². The summed E-state index contributed by atoms with van der Waals surface area (Å²) in [6.45, 7) is 1.40. The molecular weight excluding hydrogens is 532 g/mol. The molecule has 4 rings (SSSR count). The van der Waals surface area contributed by atoms with Gasteiger partial charge in [-0.25, -0.2) is 18.0 Å². The topological polar surface area (TPSA) is 159 Å². The third-order valence-electron chi connectivity index (χ3n) is 6.45. The molecule has 2 aliphatic heterocycles. The number of sulfonamides is 1. The summed E-state index contributed by atoms with van der Waals surface area (Å²) in [5, 5.41) is 12.2. The van der Waals surface area contributed by atoms with Crippen molar-refractivity contribution in [3.63, 3.8) is 0 Å². The second-order valence-electron chi connectivity index (χ2n) is 9.06. The van der Waals surface area contributed by atoms with Crippen LogP contribution in [0.4, 0.5) is 10.5 Å². The quantitative estimate of drug-likeness (QED) is 0.408. The lowest BCUT2D eigenvalue weighted by Gasteiger charge is -2.25. The van der Waals surface area contributed by atoms with E-state index >= 15 is 0 Å². The number of nitrogens with one attached hydrogen (secondary N) is 1. The van der Waals surface area contributed by atoms with Crippen LogP contribution >= 0.6 is 11.8 Å². The first kappa shape index (κ1) is 27.7. The maximum absolute atomic E-state index is 13.1. The smallest absolute Gasteiger partial charge is 0.415 e. The average molecular weight is 563 g/mol. The molecule has 2 saturated heterocycles. The normalized spacial score (nSPS) is 19.1. The summed E-state index contributed by atoms with van der Waals surface area (Å²) in [4.78, 5) is 38.9. The lowest BCUT2D eigenvalue weighted by atomic mass is 10.1. The van der Waals surface area contributed by atoms with Gasteiger partial charge in [-0.05, 0) is 54.8 Å². The van der Waals surface area contributed by atoms with Crippen LogP contribution in [0.3, 0.4) is 0 Å². The van der Waals surface area contributed by atoms with Crippen molar-refractivity contribution in [3.8, 4) is 5.75 Å². The molecule has 13 heteroatoms. The van der Waals surface area contributed by atoms with Crippen molar-refractivity contribution < 1.29 is 32.6 Å². The van der Waals surface area contributed by atoms with Crippen molar-refractivity contribution >= 4 is 45.4 Å². The first-order chi connectivity index (χ1) is 18.1. The number of thioether (sulfide) groups is 1. The molecule has 0 aliphatic carbocycles. The molecule has 2 atom stereocenters. The minimum absolute atomic E-state index is 0.0150. The molecule has 0 spiro atoms. The Bertz CT molecular complexity index is 1260. The number of carbonyl (C=O) groups excluding carboxylic acids is 2. The molecular formula is C25H30N4O7S2. The summed E-state index contributed by atoms with van der Waals surface area (Å²) in [6, 6.07) is 9.81. The number of carbonyl (C=O) groups is 3. The average Bonchev–Trinajstić information content (AvgIpc) is 3.41. The van der Waals surface area contributed by atoms with E-state index in [4.69, 9.17) is 10.5 Å². The predicted molar refractivity (Wildman–Crippen MR) is 142 cm³/mol. The van der Waals surface area contributed by atoms with Crippen LogP contribution in [-0.2, 0) is 26.0 Å². The first-order valence-corrected chi connectivity index (χ1v) is 14.8. The van der Waals surface area contributed by atoms with Gasteiger partial charge in [0.2, 0.25) is 15.9 Å². The fourth-order valence-electron chi connectivity index (χ4n) is 4.37. The number of carboxylic acid groups (broad SMARTS) is 1. The number of ether oxygens (including phenoxy) is 1. The Kier molecular flexibility index (Phi) is 8.80.